The average Bonchev–Trinajstić information content (AvgIpc) is 2.30. The molecule has 0 amide bonds. The van der Waals surface area contributed by atoms with Gasteiger partial charge < -0.3 is 9.84 Å². The highest BCUT2D eigenvalue weighted by atomic mass is 32.2. The van der Waals surface area contributed by atoms with Gasteiger partial charge in [0.2, 0.25) is 0 Å². The van der Waals surface area contributed by atoms with Crippen molar-refractivity contribution in [3.63, 3.8) is 0 Å². The van der Waals surface area contributed by atoms with Crippen molar-refractivity contribution in [2.45, 2.75) is 11.4 Å². The molecule has 0 aliphatic heterocycles. The highest BCUT2D eigenvalue weighted by Crippen LogP contribution is 2.25. The zero-order chi connectivity index (χ0) is 11.3. The maximum atomic E-state index is 11.4. The zero-order valence-corrected chi connectivity index (χ0v) is 9.53. The van der Waals surface area contributed by atoms with Gasteiger partial charge in [0.05, 0.1) is 7.11 Å². The Morgan fingerprint density at radius 2 is 2.00 bits per heavy atom. The van der Waals surface area contributed by atoms with E-state index in [2.05, 4.69) is 4.74 Å². The molecule has 0 aliphatic carbocycles. The van der Waals surface area contributed by atoms with Crippen molar-refractivity contribution < 1.29 is 14.6 Å². The standard InChI is InChI=1S/C11H14O3S/c1-14-11(13)10(15-2)9(12)8-6-4-3-5-7-8/h3-7,9-10,12H,1-2H3/t9-,10-/m0/s1. The fourth-order valence-electron chi connectivity index (χ4n) is 1.30. The van der Waals surface area contributed by atoms with Crippen molar-refractivity contribution in [1.29, 1.82) is 0 Å². The fraction of sp³-hybridized carbons (Fsp3) is 0.364. The largest absolute Gasteiger partial charge is 0.468 e. The number of rotatable bonds is 4. The summed E-state index contributed by atoms with van der Waals surface area (Å²) in [5.41, 5.74) is 0.724. The number of aliphatic hydroxyl groups is 1. The topological polar surface area (TPSA) is 46.5 Å². The number of carbonyl (C=O) groups is 1. The SMILES string of the molecule is COC(=O)[C@@H](SC)[C@@H](O)c1ccccc1. The molecule has 0 saturated heterocycles. The second-order valence-electron chi connectivity index (χ2n) is 3.03. The molecular formula is C11H14O3S. The Morgan fingerprint density at radius 1 is 1.40 bits per heavy atom. The molecule has 0 aliphatic rings. The Hall–Kier alpha value is -1.00. The van der Waals surface area contributed by atoms with Crippen molar-refractivity contribution in [2.24, 2.45) is 0 Å². The van der Waals surface area contributed by atoms with Crippen molar-refractivity contribution in [2.75, 3.05) is 13.4 Å². The van der Waals surface area contributed by atoms with Gasteiger partial charge in [-0.1, -0.05) is 30.3 Å². The Bertz CT molecular complexity index is 313. The molecule has 4 heteroatoms. The third-order valence-corrected chi connectivity index (χ3v) is 3.07. The van der Waals surface area contributed by atoms with Gasteiger partial charge in [-0.15, -0.1) is 11.8 Å². The van der Waals surface area contributed by atoms with E-state index in [9.17, 15) is 9.90 Å². The van der Waals surface area contributed by atoms with E-state index in [1.165, 1.54) is 18.9 Å². The Morgan fingerprint density at radius 3 is 2.47 bits per heavy atom. The third kappa shape index (κ3) is 2.97. The summed E-state index contributed by atoms with van der Waals surface area (Å²) in [5, 5.41) is 9.39. The van der Waals surface area contributed by atoms with Crippen LogP contribution in [0.5, 0.6) is 0 Å². The highest BCUT2D eigenvalue weighted by molar-refractivity contribution is 7.99. The van der Waals surface area contributed by atoms with Crippen LogP contribution < -0.4 is 0 Å². The van der Waals surface area contributed by atoms with Gasteiger partial charge in [0.1, 0.15) is 11.4 Å². The minimum absolute atomic E-state index is 0.404. The number of aliphatic hydroxyl groups excluding tert-OH is 1. The number of methoxy groups -OCH3 is 1. The molecule has 0 spiro atoms. The molecule has 0 radical (unpaired) electrons. The molecular weight excluding hydrogens is 212 g/mol. The number of thioether (sulfide) groups is 1. The molecule has 3 nitrogen and oxygen atoms in total. The van der Waals surface area contributed by atoms with E-state index in [1.54, 1.807) is 18.4 Å². The molecule has 2 atom stereocenters. The van der Waals surface area contributed by atoms with Crippen LogP contribution in [0.25, 0.3) is 0 Å². The van der Waals surface area contributed by atoms with Gasteiger partial charge in [0, 0.05) is 0 Å². The lowest BCUT2D eigenvalue weighted by molar-refractivity contribution is -0.142. The van der Waals surface area contributed by atoms with Crippen LogP contribution in [-0.2, 0) is 9.53 Å². The number of benzene rings is 1. The molecule has 1 aromatic rings. The average molecular weight is 226 g/mol. The molecule has 1 N–H and O–H groups in total. The quantitative estimate of drug-likeness (QED) is 0.793. The third-order valence-electron chi connectivity index (χ3n) is 2.12. The van der Waals surface area contributed by atoms with Crippen LogP contribution in [0.2, 0.25) is 0 Å². The van der Waals surface area contributed by atoms with Gasteiger partial charge in [-0.3, -0.25) is 4.79 Å². The Kier molecular flexibility index (Phi) is 4.65. The maximum Gasteiger partial charge on any atom is 0.321 e. The van der Waals surface area contributed by atoms with Crippen molar-refractivity contribution >= 4 is 17.7 Å². The summed E-state index contributed by atoms with van der Waals surface area (Å²) < 4.78 is 4.63. The van der Waals surface area contributed by atoms with Gasteiger partial charge in [-0.25, -0.2) is 0 Å². The first-order valence-electron chi connectivity index (χ1n) is 4.54. The molecule has 1 rings (SSSR count). The van der Waals surface area contributed by atoms with Crippen LogP contribution in [0, 0.1) is 0 Å². The number of hydrogen-bond acceptors (Lipinski definition) is 4. The van der Waals surface area contributed by atoms with E-state index in [4.69, 9.17) is 0 Å². The van der Waals surface area contributed by atoms with E-state index in [0.29, 0.717) is 0 Å². The summed E-state index contributed by atoms with van der Waals surface area (Å²) in [6.45, 7) is 0. The van der Waals surface area contributed by atoms with Crippen LogP contribution >= 0.6 is 11.8 Å². The van der Waals surface area contributed by atoms with E-state index in [0.717, 1.165) is 5.56 Å². The minimum Gasteiger partial charge on any atom is -0.468 e. The summed E-state index contributed by atoms with van der Waals surface area (Å²) >= 11 is 1.28. The van der Waals surface area contributed by atoms with Crippen LogP contribution in [0.4, 0.5) is 0 Å². The molecule has 0 heterocycles. The molecule has 0 bridgehead atoms. The van der Waals surface area contributed by atoms with Crippen LogP contribution in [0.15, 0.2) is 30.3 Å². The predicted octanol–water partition coefficient (Wildman–Crippen LogP) is 1.62. The molecule has 0 saturated carbocycles. The van der Waals surface area contributed by atoms with Crippen molar-refractivity contribution in [3.05, 3.63) is 35.9 Å². The van der Waals surface area contributed by atoms with Gasteiger partial charge >= 0.3 is 5.97 Å². The summed E-state index contributed by atoms with van der Waals surface area (Å²) in [7, 11) is 1.32. The van der Waals surface area contributed by atoms with E-state index < -0.39 is 17.3 Å². The first kappa shape index (κ1) is 12.1. The summed E-state index contributed by atoms with van der Waals surface area (Å²) in [4.78, 5) is 11.4. The Balaban J connectivity index is 2.82. The number of ether oxygens (including phenoxy) is 1. The Labute approximate surface area is 93.4 Å². The normalized spacial score (nSPS) is 14.3. The molecule has 82 valence electrons. The van der Waals surface area contributed by atoms with Crippen LogP contribution in [0.1, 0.15) is 11.7 Å². The molecule has 0 aromatic heterocycles. The van der Waals surface area contributed by atoms with Crippen LogP contribution in [0.3, 0.4) is 0 Å². The summed E-state index contributed by atoms with van der Waals surface area (Å²) in [6, 6.07) is 9.09. The van der Waals surface area contributed by atoms with E-state index in [1.807, 2.05) is 18.2 Å². The number of hydrogen-bond donors (Lipinski definition) is 1. The molecule has 15 heavy (non-hydrogen) atoms. The first-order valence-corrected chi connectivity index (χ1v) is 5.83. The van der Waals surface area contributed by atoms with Gasteiger partial charge in [-0.2, -0.15) is 0 Å². The monoisotopic (exact) mass is 226 g/mol. The zero-order valence-electron chi connectivity index (χ0n) is 8.71. The van der Waals surface area contributed by atoms with Crippen LogP contribution in [-0.4, -0.2) is 29.7 Å². The lowest BCUT2D eigenvalue weighted by Gasteiger charge is -2.18. The van der Waals surface area contributed by atoms with Gasteiger partial charge in [0.25, 0.3) is 0 Å². The lowest BCUT2D eigenvalue weighted by atomic mass is 10.1. The fourth-order valence-corrected chi connectivity index (χ4v) is 2.00. The lowest BCUT2D eigenvalue weighted by Crippen LogP contribution is -2.26. The van der Waals surface area contributed by atoms with Crippen molar-refractivity contribution in [1.82, 2.24) is 0 Å². The van der Waals surface area contributed by atoms with Crippen molar-refractivity contribution in [3.8, 4) is 0 Å². The second kappa shape index (κ2) is 5.78. The summed E-state index contributed by atoms with van der Waals surface area (Å²) in [5.74, 6) is -0.404. The van der Waals surface area contributed by atoms with Gasteiger partial charge in [0.15, 0.2) is 0 Å². The van der Waals surface area contributed by atoms with E-state index >= 15 is 0 Å². The van der Waals surface area contributed by atoms with Gasteiger partial charge in [-0.05, 0) is 11.8 Å². The first-order chi connectivity index (χ1) is 7.20. The number of carbonyl (C=O) groups excluding carboxylic acids is 1. The summed E-state index contributed by atoms with van der Waals surface area (Å²) in [6.07, 6.45) is 0.946. The molecule has 1 aromatic carbocycles. The molecule has 0 unspecified atom stereocenters. The number of esters is 1. The minimum atomic E-state index is -0.825. The van der Waals surface area contributed by atoms with E-state index in [-0.39, 0.29) is 0 Å². The second-order valence-corrected chi connectivity index (χ2v) is 4.01. The highest BCUT2D eigenvalue weighted by Gasteiger charge is 2.27. The maximum absolute atomic E-state index is 11.4. The molecule has 0 fully saturated rings. The smallest absolute Gasteiger partial charge is 0.321 e. The predicted molar refractivity (Wildman–Crippen MR) is 60.7 cm³/mol.